The van der Waals surface area contributed by atoms with Crippen molar-refractivity contribution in [1.82, 2.24) is 14.3 Å². The highest BCUT2D eigenvalue weighted by Crippen LogP contribution is 2.17. The Balaban J connectivity index is 1.66. The zero-order valence-electron chi connectivity index (χ0n) is 11.3. The Morgan fingerprint density at radius 1 is 1.25 bits per heavy atom. The molecule has 0 aliphatic carbocycles. The van der Waals surface area contributed by atoms with Gasteiger partial charge in [-0.05, 0) is 36.5 Å². The van der Waals surface area contributed by atoms with Crippen LogP contribution < -0.4 is 5.56 Å². The lowest BCUT2D eigenvalue weighted by Gasteiger charge is -2.17. The van der Waals surface area contributed by atoms with E-state index in [0.29, 0.717) is 19.8 Å². The highest BCUT2D eigenvalue weighted by molar-refractivity contribution is 5.25. The van der Waals surface area contributed by atoms with Gasteiger partial charge in [0.05, 0.1) is 25.5 Å². The van der Waals surface area contributed by atoms with Crippen molar-refractivity contribution in [2.24, 2.45) is 0 Å². The minimum Gasteiger partial charge on any atom is -0.376 e. The summed E-state index contributed by atoms with van der Waals surface area (Å²) < 4.78 is 9.25. The van der Waals surface area contributed by atoms with Crippen molar-refractivity contribution in [3.05, 3.63) is 51.2 Å². The normalized spacial score (nSPS) is 17.0. The molecule has 0 amide bonds. The smallest absolute Gasteiger partial charge is 0.251 e. The van der Waals surface area contributed by atoms with E-state index in [1.165, 1.54) is 12.1 Å². The second-order valence-corrected chi connectivity index (χ2v) is 5.55. The highest BCUT2D eigenvalue weighted by atomic mass is 16.5. The average molecular weight is 271 g/mol. The summed E-state index contributed by atoms with van der Waals surface area (Å²) in [5, 5.41) is 4.56. The molecule has 0 bridgehead atoms. The molecule has 0 N–H and O–H groups in total. The third-order valence-corrected chi connectivity index (χ3v) is 4.13. The van der Waals surface area contributed by atoms with Crippen LogP contribution in [0.3, 0.4) is 0 Å². The van der Waals surface area contributed by atoms with E-state index in [0.717, 1.165) is 36.2 Å². The van der Waals surface area contributed by atoms with Gasteiger partial charge in [0.25, 0.3) is 5.56 Å². The summed E-state index contributed by atoms with van der Waals surface area (Å²) in [5.74, 6) is 0. The molecule has 0 spiro atoms. The van der Waals surface area contributed by atoms with E-state index in [1.807, 2.05) is 6.20 Å². The summed E-state index contributed by atoms with van der Waals surface area (Å²) in [6.45, 7) is 2.87. The molecule has 4 rings (SSSR count). The quantitative estimate of drug-likeness (QED) is 0.822. The maximum absolute atomic E-state index is 12.2. The molecule has 2 aromatic rings. The molecule has 2 aliphatic rings. The number of nitrogens with zero attached hydrogens (tertiary/aromatic N) is 3. The molecule has 0 radical (unpaired) electrons. The third kappa shape index (κ3) is 1.98. The van der Waals surface area contributed by atoms with Gasteiger partial charge in [0, 0.05) is 24.5 Å². The van der Waals surface area contributed by atoms with E-state index in [-0.39, 0.29) is 5.56 Å². The van der Waals surface area contributed by atoms with Gasteiger partial charge < -0.3 is 9.30 Å². The fourth-order valence-corrected chi connectivity index (χ4v) is 3.08. The second-order valence-electron chi connectivity index (χ2n) is 5.55. The molecular formula is C15H17N3O2. The predicted octanol–water partition coefficient (Wildman–Crippen LogP) is 1.11. The maximum atomic E-state index is 12.2. The highest BCUT2D eigenvalue weighted by Gasteiger charge is 2.15. The number of ether oxygens (including phenoxy) is 1. The van der Waals surface area contributed by atoms with Crippen LogP contribution in [0.2, 0.25) is 0 Å². The van der Waals surface area contributed by atoms with Gasteiger partial charge in [0.15, 0.2) is 0 Å². The second kappa shape index (κ2) is 4.59. The summed E-state index contributed by atoms with van der Waals surface area (Å²) in [4.78, 5) is 12.2. The van der Waals surface area contributed by atoms with Crippen molar-refractivity contribution in [2.45, 2.75) is 39.0 Å². The van der Waals surface area contributed by atoms with Gasteiger partial charge in [-0.15, -0.1) is 0 Å². The topological polar surface area (TPSA) is 49.0 Å². The minimum atomic E-state index is 0.0545. The summed E-state index contributed by atoms with van der Waals surface area (Å²) in [6, 6.07) is 3.87. The minimum absolute atomic E-state index is 0.0545. The molecule has 0 saturated heterocycles. The first-order chi connectivity index (χ1) is 9.79. The lowest BCUT2D eigenvalue weighted by Crippen LogP contribution is -2.24. The van der Waals surface area contributed by atoms with Gasteiger partial charge in [-0.3, -0.25) is 9.48 Å². The molecular weight excluding hydrogens is 254 g/mol. The van der Waals surface area contributed by atoms with Crippen molar-refractivity contribution in [1.29, 1.82) is 0 Å². The summed E-state index contributed by atoms with van der Waals surface area (Å²) in [5.41, 5.74) is 4.57. The number of rotatable bonds is 2. The Hall–Kier alpha value is -1.88. The van der Waals surface area contributed by atoms with Crippen LogP contribution in [0.1, 0.15) is 28.9 Å². The first-order valence-corrected chi connectivity index (χ1v) is 7.15. The van der Waals surface area contributed by atoms with Crippen molar-refractivity contribution in [3.8, 4) is 0 Å². The fourth-order valence-electron chi connectivity index (χ4n) is 3.08. The zero-order valence-corrected chi connectivity index (χ0v) is 11.3. The molecule has 2 aliphatic heterocycles. The summed E-state index contributed by atoms with van der Waals surface area (Å²) in [6.07, 6.45) is 5.05. The zero-order chi connectivity index (χ0) is 13.5. The Morgan fingerprint density at radius 2 is 2.20 bits per heavy atom. The molecule has 0 atom stereocenters. The number of fused-ring (bicyclic) bond motifs is 2. The van der Waals surface area contributed by atoms with E-state index >= 15 is 0 Å². The molecule has 0 aromatic carbocycles. The van der Waals surface area contributed by atoms with Gasteiger partial charge in [-0.1, -0.05) is 0 Å². The molecule has 0 saturated carbocycles. The van der Waals surface area contributed by atoms with Crippen LogP contribution >= 0.6 is 0 Å². The summed E-state index contributed by atoms with van der Waals surface area (Å²) >= 11 is 0. The maximum Gasteiger partial charge on any atom is 0.251 e. The molecule has 2 aromatic heterocycles. The number of hydrogen-bond donors (Lipinski definition) is 0. The molecule has 5 heteroatoms. The largest absolute Gasteiger partial charge is 0.376 e. The number of pyridine rings is 1. The molecule has 0 fully saturated rings. The van der Waals surface area contributed by atoms with E-state index < -0.39 is 0 Å². The third-order valence-electron chi connectivity index (χ3n) is 4.13. The Bertz CT molecular complexity index is 693. The van der Waals surface area contributed by atoms with Crippen molar-refractivity contribution < 1.29 is 4.74 Å². The van der Waals surface area contributed by atoms with Crippen LogP contribution in [0.5, 0.6) is 0 Å². The molecule has 0 unspecified atom stereocenters. The Morgan fingerprint density at radius 3 is 3.10 bits per heavy atom. The van der Waals surface area contributed by atoms with Crippen LogP contribution in [-0.4, -0.2) is 21.0 Å². The fraction of sp³-hybridized carbons (Fsp3) is 0.467. The monoisotopic (exact) mass is 271 g/mol. The van der Waals surface area contributed by atoms with Crippen molar-refractivity contribution in [3.63, 3.8) is 0 Å². The van der Waals surface area contributed by atoms with Crippen LogP contribution in [-0.2, 0) is 37.3 Å². The van der Waals surface area contributed by atoms with Crippen LogP contribution in [0.25, 0.3) is 0 Å². The number of aryl methyl sites for hydroxylation is 2. The van der Waals surface area contributed by atoms with Gasteiger partial charge in [-0.25, -0.2) is 0 Å². The number of aromatic nitrogens is 3. The van der Waals surface area contributed by atoms with Gasteiger partial charge >= 0.3 is 0 Å². The van der Waals surface area contributed by atoms with Crippen LogP contribution in [0, 0.1) is 0 Å². The van der Waals surface area contributed by atoms with E-state index in [9.17, 15) is 4.79 Å². The average Bonchev–Trinajstić information content (AvgIpc) is 3.00. The predicted molar refractivity (Wildman–Crippen MR) is 73.7 cm³/mol. The standard InChI is InChI=1S/C15H17N3O2/c19-15-6-11-3-5-20-10-12(11)8-17(15)9-13-7-14-2-1-4-18(14)16-13/h6-8H,1-5,9-10H2. The van der Waals surface area contributed by atoms with Crippen LogP contribution in [0.4, 0.5) is 0 Å². The van der Waals surface area contributed by atoms with E-state index in [1.54, 1.807) is 10.6 Å². The van der Waals surface area contributed by atoms with Gasteiger partial charge in [-0.2, -0.15) is 5.10 Å². The molecule has 4 heterocycles. The first-order valence-electron chi connectivity index (χ1n) is 7.15. The lowest BCUT2D eigenvalue weighted by atomic mass is 10.1. The Labute approximate surface area is 116 Å². The van der Waals surface area contributed by atoms with E-state index in [2.05, 4.69) is 15.8 Å². The molecule has 5 nitrogen and oxygen atoms in total. The first kappa shape index (κ1) is 11.9. The lowest BCUT2D eigenvalue weighted by molar-refractivity contribution is 0.110. The summed E-state index contributed by atoms with van der Waals surface area (Å²) in [7, 11) is 0. The molecule has 20 heavy (non-hydrogen) atoms. The molecule has 104 valence electrons. The van der Waals surface area contributed by atoms with Crippen LogP contribution in [0.15, 0.2) is 23.1 Å². The van der Waals surface area contributed by atoms with Gasteiger partial charge in [0.2, 0.25) is 0 Å². The number of hydrogen-bond acceptors (Lipinski definition) is 3. The Kier molecular flexibility index (Phi) is 2.73. The van der Waals surface area contributed by atoms with Crippen molar-refractivity contribution >= 4 is 0 Å². The van der Waals surface area contributed by atoms with E-state index in [4.69, 9.17) is 4.74 Å². The van der Waals surface area contributed by atoms with Gasteiger partial charge in [0.1, 0.15) is 0 Å². The SMILES string of the molecule is O=c1cc2c(cn1Cc1cc3n(n1)CCC3)COCC2. The van der Waals surface area contributed by atoms with Crippen molar-refractivity contribution in [2.75, 3.05) is 6.61 Å².